The Labute approximate surface area is 124 Å². The molecule has 3 nitrogen and oxygen atoms in total. The number of hydrogen-bond donors (Lipinski definition) is 1. The summed E-state index contributed by atoms with van der Waals surface area (Å²) in [5.74, 6) is 0.596. The van der Waals surface area contributed by atoms with Gasteiger partial charge in [0.1, 0.15) is 0 Å². The molecule has 0 aliphatic heterocycles. The Balaban J connectivity index is 2.56. The number of pyridine rings is 1. The second kappa shape index (κ2) is 6.58. The fourth-order valence-electron chi connectivity index (χ4n) is 2.12. The minimum atomic E-state index is -0.0755. The maximum Gasteiger partial charge on any atom is 0.225 e. The number of nitrogens with zero attached hydrogens (tertiary/aromatic N) is 1. The Hall–Kier alpha value is -0.800. The lowest BCUT2D eigenvalue weighted by Gasteiger charge is -2.22. The number of hydrogen-bond acceptors (Lipinski definition) is 2. The van der Waals surface area contributed by atoms with Crippen LogP contribution < -0.4 is 5.32 Å². The van der Waals surface area contributed by atoms with Crippen LogP contribution in [0.4, 0.5) is 5.82 Å². The average Bonchev–Trinajstić information content (AvgIpc) is 2.19. The highest BCUT2D eigenvalue weighted by Gasteiger charge is 2.18. The molecular weight excluding hydrogens is 283 g/mol. The van der Waals surface area contributed by atoms with Crippen LogP contribution in [0.15, 0.2) is 12.3 Å². The molecule has 0 fully saturated rings. The minimum Gasteiger partial charge on any atom is -0.309 e. The van der Waals surface area contributed by atoms with Gasteiger partial charge in [-0.2, -0.15) is 0 Å². The van der Waals surface area contributed by atoms with Crippen molar-refractivity contribution in [2.75, 3.05) is 5.32 Å². The molecule has 1 rings (SSSR count). The quantitative estimate of drug-likeness (QED) is 0.869. The van der Waals surface area contributed by atoms with Crippen LogP contribution in [0.2, 0.25) is 10.0 Å². The lowest BCUT2D eigenvalue weighted by atomic mass is 9.84. The molecule has 1 atom stereocenters. The monoisotopic (exact) mass is 302 g/mol. The Morgan fingerprint density at radius 1 is 1.42 bits per heavy atom. The Kier molecular flexibility index (Phi) is 5.63. The smallest absolute Gasteiger partial charge is 0.225 e. The maximum atomic E-state index is 11.9. The molecule has 1 heterocycles. The fraction of sp³-hybridized carbons (Fsp3) is 0.571. The lowest BCUT2D eigenvalue weighted by Crippen LogP contribution is -2.19. The Morgan fingerprint density at radius 3 is 2.58 bits per heavy atom. The first kappa shape index (κ1) is 16.3. The summed E-state index contributed by atoms with van der Waals surface area (Å²) in [6.07, 6.45) is 2.90. The summed E-state index contributed by atoms with van der Waals surface area (Å²) < 4.78 is 0. The van der Waals surface area contributed by atoms with Crippen molar-refractivity contribution in [3.8, 4) is 0 Å². The molecule has 0 aromatic carbocycles. The minimum absolute atomic E-state index is 0.0755. The predicted molar refractivity (Wildman–Crippen MR) is 80.7 cm³/mol. The summed E-state index contributed by atoms with van der Waals surface area (Å²) in [5, 5.41) is 3.51. The van der Waals surface area contributed by atoms with E-state index >= 15 is 0 Å². The topological polar surface area (TPSA) is 42.0 Å². The summed E-state index contributed by atoms with van der Waals surface area (Å²) >= 11 is 11.7. The van der Waals surface area contributed by atoms with E-state index in [2.05, 4.69) is 38.0 Å². The van der Waals surface area contributed by atoms with Gasteiger partial charge in [-0.1, -0.05) is 50.9 Å². The van der Waals surface area contributed by atoms with Crippen molar-refractivity contribution in [2.45, 2.75) is 40.5 Å². The molecule has 0 aliphatic carbocycles. The first-order chi connectivity index (χ1) is 8.67. The first-order valence-electron chi connectivity index (χ1n) is 6.28. The lowest BCUT2D eigenvalue weighted by molar-refractivity contribution is -0.117. The third kappa shape index (κ3) is 6.26. The van der Waals surface area contributed by atoms with Gasteiger partial charge in [0.15, 0.2) is 5.82 Å². The standard InChI is InChI=1S/C14H20Cl2N2O/c1-9(7-14(2,3)4)5-12(19)18-13-11(16)6-10(15)8-17-13/h6,8-9H,5,7H2,1-4H3,(H,17,18,19). The van der Waals surface area contributed by atoms with Crippen molar-refractivity contribution in [3.63, 3.8) is 0 Å². The van der Waals surface area contributed by atoms with E-state index in [-0.39, 0.29) is 11.3 Å². The van der Waals surface area contributed by atoms with E-state index in [1.165, 1.54) is 6.20 Å². The number of aromatic nitrogens is 1. The Bertz CT molecular complexity index is 455. The van der Waals surface area contributed by atoms with Crippen molar-refractivity contribution >= 4 is 34.9 Å². The maximum absolute atomic E-state index is 11.9. The van der Waals surface area contributed by atoms with Gasteiger partial charge in [-0.05, 0) is 23.8 Å². The highest BCUT2D eigenvalue weighted by molar-refractivity contribution is 6.36. The molecule has 19 heavy (non-hydrogen) atoms. The number of carbonyl (C=O) groups is 1. The number of amides is 1. The van der Waals surface area contributed by atoms with E-state index in [1.807, 2.05) is 0 Å². The molecule has 1 N–H and O–H groups in total. The van der Waals surface area contributed by atoms with Gasteiger partial charge in [-0.3, -0.25) is 4.79 Å². The van der Waals surface area contributed by atoms with Crippen molar-refractivity contribution in [1.82, 2.24) is 4.98 Å². The van der Waals surface area contributed by atoms with Crippen LogP contribution in [-0.2, 0) is 4.79 Å². The molecule has 0 aliphatic rings. The zero-order valence-electron chi connectivity index (χ0n) is 11.8. The van der Waals surface area contributed by atoms with Crippen molar-refractivity contribution in [3.05, 3.63) is 22.3 Å². The average molecular weight is 303 g/mol. The van der Waals surface area contributed by atoms with Crippen LogP contribution in [0.1, 0.15) is 40.5 Å². The van der Waals surface area contributed by atoms with E-state index in [4.69, 9.17) is 23.2 Å². The van der Waals surface area contributed by atoms with Crippen molar-refractivity contribution < 1.29 is 4.79 Å². The van der Waals surface area contributed by atoms with Crippen LogP contribution in [-0.4, -0.2) is 10.9 Å². The van der Waals surface area contributed by atoms with Gasteiger partial charge in [-0.15, -0.1) is 0 Å². The first-order valence-corrected chi connectivity index (χ1v) is 7.04. The largest absolute Gasteiger partial charge is 0.309 e. The van der Waals surface area contributed by atoms with E-state index in [1.54, 1.807) is 6.07 Å². The van der Waals surface area contributed by atoms with Gasteiger partial charge >= 0.3 is 0 Å². The van der Waals surface area contributed by atoms with Gasteiger partial charge in [0.05, 0.1) is 10.0 Å². The molecule has 0 saturated carbocycles. The predicted octanol–water partition coefficient (Wildman–Crippen LogP) is 4.79. The molecule has 1 unspecified atom stereocenters. The third-order valence-electron chi connectivity index (χ3n) is 2.56. The normalized spacial score (nSPS) is 13.2. The third-order valence-corrected chi connectivity index (χ3v) is 3.06. The molecule has 0 spiro atoms. The molecule has 106 valence electrons. The van der Waals surface area contributed by atoms with Gasteiger partial charge < -0.3 is 5.32 Å². The number of carbonyl (C=O) groups excluding carboxylic acids is 1. The molecule has 5 heteroatoms. The summed E-state index contributed by atoms with van der Waals surface area (Å²) in [6.45, 7) is 8.57. The highest BCUT2D eigenvalue weighted by Crippen LogP contribution is 2.27. The van der Waals surface area contributed by atoms with Gasteiger partial charge in [0.2, 0.25) is 5.91 Å². The molecule has 1 aromatic heterocycles. The van der Waals surface area contributed by atoms with Crippen LogP contribution >= 0.6 is 23.2 Å². The summed E-state index contributed by atoms with van der Waals surface area (Å²) in [7, 11) is 0. The molecule has 0 saturated heterocycles. The fourth-order valence-corrected chi connectivity index (χ4v) is 2.55. The van der Waals surface area contributed by atoms with E-state index < -0.39 is 0 Å². The number of rotatable bonds is 4. The second-order valence-electron chi connectivity index (χ2n) is 6.11. The van der Waals surface area contributed by atoms with Crippen molar-refractivity contribution in [1.29, 1.82) is 0 Å². The van der Waals surface area contributed by atoms with Gasteiger partial charge in [0, 0.05) is 12.6 Å². The van der Waals surface area contributed by atoms with Crippen LogP contribution in [0.3, 0.4) is 0 Å². The molecule has 0 radical (unpaired) electrons. The zero-order chi connectivity index (χ0) is 14.6. The summed E-state index contributed by atoms with van der Waals surface area (Å²) in [4.78, 5) is 15.9. The van der Waals surface area contributed by atoms with E-state index in [0.717, 1.165) is 6.42 Å². The number of halogens is 2. The van der Waals surface area contributed by atoms with E-state index in [9.17, 15) is 4.79 Å². The second-order valence-corrected chi connectivity index (χ2v) is 6.95. The SMILES string of the molecule is CC(CC(=O)Nc1ncc(Cl)cc1Cl)CC(C)(C)C. The molecular formula is C14H20Cl2N2O. The van der Waals surface area contributed by atoms with Crippen LogP contribution in [0, 0.1) is 11.3 Å². The summed E-state index contributed by atoms with van der Waals surface area (Å²) in [5.41, 5.74) is 0.218. The Morgan fingerprint density at radius 2 is 2.05 bits per heavy atom. The molecule has 0 bridgehead atoms. The van der Waals surface area contributed by atoms with Gasteiger partial charge in [-0.25, -0.2) is 4.98 Å². The zero-order valence-corrected chi connectivity index (χ0v) is 13.3. The highest BCUT2D eigenvalue weighted by atomic mass is 35.5. The number of anilines is 1. The molecule has 1 amide bonds. The van der Waals surface area contributed by atoms with Crippen LogP contribution in [0.25, 0.3) is 0 Å². The van der Waals surface area contributed by atoms with Gasteiger partial charge in [0.25, 0.3) is 0 Å². The summed E-state index contributed by atoms with van der Waals surface area (Å²) in [6, 6.07) is 1.56. The molecule has 1 aromatic rings. The van der Waals surface area contributed by atoms with Crippen LogP contribution in [0.5, 0.6) is 0 Å². The van der Waals surface area contributed by atoms with Crippen molar-refractivity contribution in [2.24, 2.45) is 11.3 Å². The number of nitrogens with one attached hydrogen (secondary N) is 1. The van der Waals surface area contributed by atoms with E-state index in [0.29, 0.717) is 28.2 Å².